The van der Waals surface area contributed by atoms with Gasteiger partial charge in [-0.05, 0) is 85.2 Å². The lowest BCUT2D eigenvalue weighted by Crippen LogP contribution is -2.40. The Morgan fingerprint density at radius 1 is 1.00 bits per heavy atom. The molecule has 3 aromatic carbocycles. The Morgan fingerprint density at radius 2 is 1.69 bits per heavy atom. The van der Waals surface area contributed by atoms with Gasteiger partial charge in [0.2, 0.25) is 5.91 Å². The minimum Gasteiger partial charge on any atom is -0.336 e. The van der Waals surface area contributed by atoms with Gasteiger partial charge in [0.15, 0.2) is 5.16 Å². The highest BCUT2D eigenvalue weighted by Gasteiger charge is 2.32. The number of benzene rings is 3. The number of likely N-dealkylation sites (N-methyl/N-ethyl adjacent to an activating group) is 1. The summed E-state index contributed by atoms with van der Waals surface area (Å²) in [6, 6.07) is -5.00. The summed E-state index contributed by atoms with van der Waals surface area (Å²) in [6.07, 6.45) is -5.28. The molecular formula is C37H40F4N4O2S. The lowest BCUT2D eigenvalue weighted by Gasteiger charge is -2.28. The van der Waals surface area contributed by atoms with Crippen LogP contribution in [-0.4, -0.2) is 51.2 Å². The van der Waals surface area contributed by atoms with Gasteiger partial charge in [0, 0.05) is 47.5 Å². The number of aromatic nitrogens is 2. The summed E-state index contributed by atoms with van der Waals surface area (Å²) in [5.74, 6) is -2.92. The summed E-state index contributed by atoms with van der Waals surface area (Å²) >= 11 is 0.0718. The lowest BCUT2D eigenvalue weighted by molar-refractivity contribution is -0.138. The van der Waals surface area contributed by atoms with E-state index in [2.05, 4.69) is 4.98 Å². The first-order chi connectivity index (χ1) is 30.3. The number of rotatable bonds is 13. The smallest absolute Gasteiger partial charge is 0.336 e. The normalized spacial score (nSPS) is 20.4. The molecule has 4 aromatic rings. The molecule has 0 fully saturated rings. The summed E-state index contributed by atoms with van der Waals surface area (Å²) in [7, 11) is 0. The Morgan fingerprint density at radius 3 is 2.35 bits per heavy atom. The van der Waals surface area contributed by atoms with E-state index < -0.39 is 143 Å². The number of nitrogens with zero attached hydrogens (tertiary/aromatic N) is 4. The molecule has 6 nitrogen and oxygen atoms in total. The zero-order valence-corrected chi connectivity index (χ0v) is 26.5. The van der Waals surface area contributed by atoms with Crippen LogP contribution in [0.15, 0.2) is 76.5 Å². The minimum absolute atomic E-state index is 0.0317. The molecule has 1 heterocycles. The molecule has 0 saturated carbocycles. The van der Waals surface area contributed by atoms with Crippen molar-refractivity contribution in [3.05, 3.63) is 116 Å². The van der Waals surface area contributed by atoms with E-state index in [1.54, 1.807) is 0 Å². The molecular weight excluding hydrogens is 640 g/mol. The van der Waals surface area contributed by atoms with Crippen molar-refractivity contribution in [2.24, 2.45) is 0 Å². The van der Waals surface area contributed by atoms with Crippen molar-refractivity contribution in [2.45, 2.75) is 70.1 Å². The molecule has 0 saturated heterocycles. The van der Waals surface area contributed by atoms with Crippen molar-refractivity contribution in [1.82, 2.24) is 19.4 Å². The van der Waals surface area contributed by atoms with Crippen molar-refractivity contribution < 1.29 is 48.4 Å². The van der Waals surface area contributed by atoms with Crippen molar-refractivity contribution in [2.75, 3.05) is 26.0 Å². The fourth-order valence-electron chi connectivity index (χ4n) is 4.59. The van der Waals surface area contributed by atoms with Crippen molar-refractivity contribution >= 4 is 17.7 Å². The van der Waals surface area contributed by atoms with Gasteiger partial charge in [-0.15, -0.1) is 0 Å². The maximum Gasteiger partial charge on any atom is 0.416 e. The van der Waals surface area contributed by atoms with Crippen molar-refractivity contribution in [1.29, 1.82) is 0 Å². The van der Waals surface area contributed by atoms with Crippen LogP contribution in [0.1, 0.15) is 79.8 Å². The van der Waals surface area contributed by atoms with Crippen LogP contribution < -0.4 is 5.56 Å². The number of hydrogen-bond donors (Lipinski definition) is 0. The predicted octanol–water partition coefficient (Wildman–Crippen LogP) is 7.53. The van der Waals surface area contributed by atoms with E-state index in [4.69, 9.17) is 20.6 Å². The van der Waals surface area contributed by atoms with E-state index in [9.17, 15) is 27.8 Å². The first-order valence-corrected chi connectivity index (χ1v) is 15.1. The lowest BCUT2D eigenvalue weighted by atomic mass is 9.98. The average molecular weight is 700 g/mol. The SMILES string of the molecule is [2H]c1c([2H])c(-c2c([2H])c([2H])c(C(F)(F)F)c(C)c2[2H])c([2H])c([2H])c1CN(C(=O)C([2H])([2H])n1c(SC([2H])([2H])c2ccc(F)cc2)nc(=O)c2c1CCC2)C([2H])([2H])C([2H])([2H])N(C([2H])([2H])C)C([2H])([2H])C. The zero-order chi connectivity index (χ0) is 51.3. The number of amides is 1. The third-order valence-electron chi connectivity index (χ3n) is 6.93. The maximum absolute atomic E-state index is 15.1. The Labute approximate surface area is 309 Å². The second kappa shape index (κ2) is 15.5. The molecule has 1 aliphatic rings. The maximum atomic E-state index is 15.1. The second-order valence-corrected chi connectivity index (χ2v) is 10.9. The van der Waals surface area contributed by atoms with Crippen LogP contribution in [0.3, 0.4) is 0 Å². The summed E-state index contributed by atoms with van der Waals surface area (Å²) in [5.41, 5.74) is -9.85. The summed E-state index contributed by atoms with van der Waals surface area (Å²) in [4.78, 5) is 31.7. The molecule has 0 aliphatic heterocycles. The topological polar surface area (TPSA) is 58.4 Å². The van der Waals surface area contributed by atoms with Crippen LogP contribution >= 0.6 is 11.8 Å². The molecule has 0 atom stereocenters. The van der Waals surface area contributed by atoms with E-state index in [-0.39, 0.29) is 57.6 Å². The van der Waals surface area contributed by atoms with E-state index in [1.165, 1.54) is 0 Å². The highest BCUT2D eigenvalue weighted by Crippen LogP contribution is 2.34. The van der Waals surface area contributed by atoms with Crippen LogP contribution in [0, 0.1) is 12.7 Å². The molecule has 1 aromatic heterocycles. The summed E-state index contributed by atoms with van der Waals surface area (Å²) in [5, 5.41) is -0.843. The zero-order valence-electron chi connectivity index (χ0n) is 44.7. The van der Waals surface area contributed by atoms with E-state index in [1.807, 2.05) is 0 Å². The molecule has 0 N–H and O–H groups in total. The standard InChI is InChI=1S/C37H40F4N4O2S/c1-4-43(5-2)19-20-44(22-26-9-13-28(14-10-26)29-15-18-32(25(3)21-29)37(39,40)41)34(46)23-45-33-8-6-7-31(33)35(47)42-36(45)48-24-27-11-16-30(38)17-12-27/h9-18,21H,4-8,19-20,22-24H2,1-3H3/i4D2,5D2,9D,10D,13D,14D,15D,18D,19D2,20D2,21D,23D2,24D2. The van der Waals surface area contributed by atoms with Crippen molar-refractivity contribution in [3.63, 3.8) is 0 Å². The van der Waals surface area contributed by atoms with Gasteiger partial charge in [0.05, 0.1) is 20.6 Å². The van der Waals surface area contributed by atoms with Gasteiger partial charge in [-0.25, -0.2) is 4.39 Å². The summed E-state index contributed by atoms with van der Waals surface area (Å²) in [6.45, 7) is -18.0. The Balaban J connectivity index is 1.82. The highest BCUT2D eigenvalue weighted by atomic mass is 32.2. The number of hydrogen-bond acceptors (Lipinski definition) is 5. The van der Waals surface area contributed by atoms with Gasteiger partial charge in [0.1, 0.15) is 12.3 Å². The van der Waals surface area contributed by atoms with Crippen LogP contribution in [0.2, 0.25) is 0 Å². The first kappa shape index (κ1) is 18.2. The molecule has 0 bridgehead atoms. The van der Waals surface area contributed by atoms with E-state index in [0.717, 1.165) is 31.2 Å². The minimum atomic E-state index is -5.24. The largest absolute Gasteiger partial charge is 0.416 e. The van der Waals surface area contributed by atoms with Gasteiger partial charge >= 0.3 is 6.18 Å². The van der Waals surface area contributed by atoms with Crippen LogP contribution in [0.5, 0.6) is 0 Å². The molecule has 0 radical (unpaired) electrons. The van der Waals surface area contributed by atoms with Crippen LogP contribution in [0.4, 0.5) is 17.6 Å². The van der Waals surface area contributed by atoms with E-state index in [0.29, 0.717) is 18.4 Å². The second-order valence-electron chi connectivity index (χ2n) is 10.1. The highest BCUT2D eigenvalue weighted by molar-refractivity contribution is 7.98. The average Bonchev–Trinajstić information content (AvgIpc) is 3.66. The molecule has 11 heteroatoms. The number of thioether (sulfide) groups is 1. The van der Waals surface area contributed by atoms with Crippen LogP contribution in [-0.2, 0) is 42.6 Å². The van der Waals surface area contributed by atoms with E-state index >= 15 is 4.79 Å². The van der Waals surface area contributed by atoms with Crippen LogP contribution in [0.25, 0.3) is 11.1 Å². The molecule has 5 rings (SSSR count). The molecule has 1 amide bonds. The monoisotopic (exact) mass is 699 g/mol. The third kappa shape index (κ3) is 8.54. The number of alkyl halides is 3. The number of carbonyl (C=O) groups excluding carboxylic acids is 1. The number of halogens is 4. The summed E-state index contributed by atoms with van der Waals surface area (Å²) < 4.78 is 222. The predicted molar refractivity (Wildman–Crippen MR) is 181 cm³/mol. The molecule has 48 heavy (non-hydrogen) atoms. The van der Waals surface area contributed by atoms with Gasteiger partial charge in [-0.1, -0.05) is 74.0 Å². The fourth-order valence-corrected chi connectivity index (χ4v) is 5.31. The van der Waals surface area contributed by atoms with Gasteiger partial charge < -0.3 is 14.4 Å². The molecule has 254 valence electrons. The molecule has 0 spiro atoms. The molecule has 0 unspecified atom stereocenters. The Hall–Kier alpha value is -3.96. The van der Waals surface area contributed by atoms with Gasteiger partial charge in [0.25, 0.3) is 5.56 Å². The quantitative estimate of drug-likeness (QED) is 0.0821. The third-order valence-corrected chi connectivity index (χ3v) is 7.73. The Kier molecular flexibility index (Phi) is 5.86. The van der Waals surface area contributed by atoms with Gasteiger partial charge in [-0.2, -0.15) is 18.2 Å². The number of carbonyl (C=O) groups is 1. The van der Waals surface area contributed by atoms with Crippen molar-refractivity contribution in [3.8, 4) is 11.1 Å². The first-order valence-electron chi connectivity index (χ1n) is 23.8. The number of fused-ring (bicyclic) bond motifs is 1. The Bertz CT molecular complexity index is 2640. The molecule has 1 aliphatic carbocycles. The fraction of sp³-hybridized carbons (Fsp3) is 0.378. The van der Waals surface area contributed by atoms with Gasteiger partial charge in [-0.3, -0.25) is 9.59 Å².